The summed E-state index contributed by atoms with van der Waals surface area (Å²) in [4.78, 5) is 25.6. The van der Waals surface area contributed by atoms with Gasteiger partial charge >= 0.3 is 0 Å². The van der Waals surface area contributed by atoms with Crippen LogP contribution in [-0.4, -0.2) is 76.6 Å². The van der Waals surface area contributed by atoms with Gasteiger partial charge in [0.25, 0.3) is 0 Å². The smallest absolute Gasteiger partial charge is 0.225 e. The molecule has 1 amide bonds. The molecule has 2 fully saturated rings. The van der Waals surface area contributed by atoms with Gasteiger partial charge in [0.2, 0.25) is 16.0 Å². The van der Waals surface area contributed by atoms with E-state index in [0.717, 1.165) is 73.2 Å². The number of nitrogens with zero attached hydrogens (tertiary/aromatic N) is 6. The first-order chi connectivity index (χ1) is 16.4. The first kappa shape index (κ1) is 23.3. The van der Waals surface area contributed by atoms with E-state index in [1.807, 2.05) is 22.7 Å². The van der Waals surface area contributed by atoms with Gasteiger partial charge in [-0.05, 0) is 57.3 Å². The number of hydrogen-bond acceptors (Lipinski definition) is 6. The molecule has 4 heterocycles. The first-order valence-corrected chi connectivity index (χ1v) is 13.4. The van der Waals surface area contributed by atoms with Crippen molar-refractivity contribution >= 4 is 27.3 Å². The second-order valence-corrected chi connectivity index (χ2v) is 11.2. The lowest BCUT2D eigenvalue weighted by atomic mass is 9.94. The summed E-state index contributed by atoms with van der Waals surface area (Å²) in [5.41, 5.74) is 3.42. The minimum Gasteiger partial charge on any atom is -0.347 e. The summed E-state index contributed by atoms with van der Waals surface area (Å²) in [5.74, 6) is 0.986. The highest BCUT2D eigenvalue weighted by molar-refractivity contribution is 7.20. The molecule has 0 N–H and O–H groups in total. The molecule has 7 nitrogen and oxygen atoms in total. The van der Waals surface area contributed by atoms with Crippen LogP contribution in [0.1, 0.15) is 51.0 Å². The van der Waals surface area contributed by atoms with Gasteiger partial charge in [-0.15, -0.1) is 5.10 Å². The van der Waals surface area contributed by atoms with E-state index >= 15 is 0 Å². The Hall–Kier alpha value is -2.45. The van der Waals surface area contributed by atoms with Crippen molar-refractivity contribution in [2.24, 2.45) is 5.92 Å². The summed E-state index contributed by atoms with van der Waals surface area (Å²) < 4.78 is 1.90. The van der Waals surface area contributed by atoms with Crippen LogP contribution in [0, 0.1) is 5.92 Å². The van der Waals surface area contributed by atoms with E-state index in [0.29, 0.717) is 17.9 Å². The van der Waals surface area contributed by atoms with E-state index in [-0.39, 0.29) is 5.92 Å². The number of likely N-dealkylation sites (tertiary alicyclic amines) is 1. The van der Waals surface area contributed by atoms with Crippen LogP contribution in [0.25, 0.3) is 16.2 Å². The summed E-state index contributed by atoms with van der Waals surface area (Å²) in [6, 6.07) is 9.05. The number of hydrogen-bond donors (Lipinski definition) is 0. The number of anilines is 1. The van der Waals surface area contributed by atoms with Crippen molar-refractivity contribution in [2.75, 3.05) is 45.2 Å². The van der Waals surface area contributed by atoms with Crippen molar-refractivity contribution in [1.82, 2.24) is 24.4 Å². The summed E-state index contributed by atoms with van der Waals surface area (Å²) in [6.07, 6.45) is 5.98. The van der Waals surface area contributed by atoms with Crippen LogP contribution in [-0.2, 0) is 4.79 Å². The van der Waals surface area contributed by atoms with E-state index < -0.39 is 0 Å². The molecule has 3 aromatic rings. The Kier molecular flexibility index (Phi) is 6.62. The molecule has 5 rings (SSSR count). The molecule has 0 spiro atoms. The number of fused-ring (bicyclic) bond motifs is 1. The lowest BCUT2D eigenvalue weighted by Crippen LogP contribution is -2.48. The summed E-state index contributed by atoms with van der Waals surface area (Å²) in [7, 11) is 4.17. The Morgan fingerprint density at radius 3 is 2.35 bits per heavy atom. The van der Waals surface area contributed by atoms with E-state index in [2.05, 4.69) is 55.0 Å². The second-order valence-electron chi connectivity index (χ2n) is 10.3. The van der Waals surface area contributed by atoms with Gasteiger partial charge in [0.1, 0.15) is 0 Å². The number of benzene rings is 1. The normalized spacial score (nSPS) is 18.8. The van der Waals surface area contributed by atoms with Crippen LogP contribution in [0.4, 0.5) is 5.13 Å². The molecule has 0 aliphatic carbocycles. The largest absolute Gasteiger partial charge is 0.347 e. The van der Waals surface area contributed by atoms with Crippen LogP contribution < -0.4 is 4.90 Å². The lowest BCUT2D eigenvalue weighted by Gasteiger charge is -2.38. The lowest BCUT2D eigenvalue weighted by molar-refractivity contribution is -0.137. The molecule has 8 heteroatoms. The Bertz CT molecular complexity index is 1090. The number of imidazole rings is 1. The molecular formula is C26H36N6OS. The third-order valence-electron chi connectivity index (χ3n) is 7.60. The van der Waals surface area contributed by atoms with Gasteiger partial charge < -0.3 is 14.7 Å². The van der Waals surface area contributed by atoms with Crippen molar-refractivity contribution in [1.29, 1.82) is 0 Å². The molecule has 0 unspecified atom stereocenters. The maximum atomic E-state index is 13.1. The second kappa shape index (κ2) is 9.66. The molecule has 0 atom stereocenters. The van der Waals surface area contributed by atoms with E-state index in [9.17, 15) is 4.79 Å². The fourth-order valence-corrected chi connectivity index (χ4v) is 6.10. The molecule has 0 bridgehead atoms. The first-order valence-electron chi connectivity index (χ1n) is 12.6. The minimum atomic E-state index is 0.130. The Morgan fingerprint density at radius 1 is 1.06 bits per heavy atom. The average Bonchev–Trinajstić information content (AvgIpc) is 3.43. The van der Waals surface area contributed by atoms with Gasteiger partial charge in [-0.2, -0.15) is 0 Å². The van der Waals surface area contributed by atoms with Crippen molar-refractivity contribution in [3.05, 3.63) is 36.0 Å². The van der Waals surface area contributed by atoms with Gasteiger partial charge in [0.15, 0.2) is 0 Å². The SMILES string of the molecule is CC(C)c1ccc(-c2cn3nc(N4CCC(C(=O)N(C)C5CCN(C)CC5)CC4)sc3n2)cc1. The molecule has 0 radical (unpaired) electrons. The van der Waals surface area contributed by atoms with Crippen LogP contribution in [0.15, 0.2) is 30.5 Å². The highest BCUT2D eigenvalue weighted by Crippen LogP contribution is 2.31. The zero-order chi connectivity index (χ0) is 23.8. The van der Waals surface area contributed by atoms with Gasteiger partial charge in [0.05, 0.1) is 11.9 Å². The highest BCUT2D eigenvalue weighted by Gasteiger charge is 2.32. The number of piperidine rings is 2. The molecule has 182 valence electrons. The molecule has 2 aliphatic heterocycles. The van der Waals surface area contributed by atoms with Crippen LogP contribution in [0.2, 0.25) is 0 Å². The maximum Gasteiger partial charge on any atom is 0.225 e. The van der Waals surface area contributed by atoms with E-state index in [4.69, 9.17) is 10.1 Å². The number of carbonyl (C=O) groups is 1. The van der Waals surface area contributed by atoms with Crippen LogP contribution in [0.3, 0.4) is 0 Å². The third-order valence-corrected chi connectivity index (χ3v) is 8.59. The molecule has 2 aliphatic rings. The Balaban J connectivity index is 1.19. The van der Waals surface area contributed by atoms with E-state index in [1.54, 1.807) is 11.3 Å². The quantitative estimate of drug-likeness (QED) is 0.543. The molecule has 2 aromatic heterocycles. The Morgan fingerprint density at radius 2 is 1.74 bits per heavy atom. The number of amides is 1. The monoisotopic (exact) mass is 480 g/mol. The van der Waals surface area contributed by atoms with Crippen molar-refractivity contribution in [2.45, 2.75) is 51.5 Å². The summed E-state index contributed by atoms with van der Waals surface area (Å²) in [6.45, 7) is 8.32. The molecule has 0 saturated carbocycles. The van der Waals surface area contributed by atoms with Gasteiger partial charge in [-0.25, -0.2) is 9.50 Å². The molecular weight excluding hydrogens is 444 g/mol. The van der Waals surface area contributed by atoms with Gasteiger partial charge in [-0.1, -0.05) is 49.4 Å². The fraction of sp³-hybridized carbons (Fsp3) is 0.577. The molecule has 2 saturated heterocycles. The summed E-state index contributed by atoms with van der Waals surface area (Å²) >= 11 is 1.63. The van der Waals surface area contributed by atoms with Gasteiger partial charge in [0, 0.05) is 37.7 Å². The van der Waals surface area contributed by atoms with Crippen LogP contribution >= 0.6 is 11.3 Å². The van der Waals surface area contributed by atoms with Crippen molar-refractivity contribution in [3.63, 3.8) is 0 Å². The Labute approximate surface area is 206 Å². The zero-order valence-corrected chi connectivity index (χ0v) is 21.6. The van der Waals surface area contributed by atoms with Gasteiger partial charge in [-0.3, -0.25) is 4.79 Å². The predicted molar refractivity (Wildman–Crippen MR) is 139 cm³/mol. The predicted octanol–water partition coefficient (Wildman–Crippen LogP) is 4.35. The fourth-order valence-electron chi connectivity index (χ4n) is 5.16. The van der Waals surface area contributed by atoms with E-state index in [1.165, 1.54) is 5.56 Å². The zero-order valence-electron chi connectivity index (χ0n) is 20.8. The summed E-state index contributed by atoms with van der Waals surface area (Å²) in [5, 5.41) is 5.81. The topological polar surface area (TPSA) is 57.0 Å². The average molecular weight is 481 g/mol. The number of carbonyl (C=O) groups excluding carboxylic acids is 1. The number of aromatic nitrogens is 3. The van der Waals surface area contributed by atoms with Crippen LogP contribution in [0.5, 0.6) is 0 Å². The molecule has 1 aromatic carbocycles. The maximum absolute atomic E-state index is 13.1. The highest BCUT2D eigenvalue weighted by atomic mass is 32.1. The molecule has 34 heavy (non-hydrogen) atoms. The third kappa shape index (κ3) is 4.70. The number of rotatable bonds is 5. The standard InChI is InChI=1S/C26H36N6OS/c1-18(2)19-5-7-20(8-6-19)23-17-32-25(27-23)34-26(28-32)31-15-9-21(10-16-31)24(33)30(4)22-11-13-29(3)14-12-22/h5-8,17-18,21-22H,9-16H2,1-4H3. The minimum absolute atomic E-state index is 0.130. The van der Waals surface area contributed by atoms with Crippen molar-refractivity contribution < 1.29 is 4.79 Å². The van der Waals surface area contributed by atoms with Crippen molar-refractivity contribution in [3.8, 4) is 11.3 Å².